The van der Waals surface area contributed by atoms with Crippen LogP contribution in [-0.2, 0) is 21.5 Å². The van der Waals surface area contributed by atoms with E-state index in [1.54, 1.807) is 0 Å². The van der Waals surface area contributed by atoms with Crippen LogP contribution in [0, 0.1) is 0 Å². The first-order valence-corrected chi connectivity index (χ1v) is 11.7. The van der Waals surface area contributed by atoms with Crippen LogP contribution < -0.4 is 10.2 Å². The van der Waals surface area contributed by atoms with Crippen molar-refractivity contribution in [3.8, 4) is 0 Å². The molecule has 1 saturated carbocycles. The Bertz CT molecular complexity index is 1030. The molecule has 1 N–H and O–H groups in total. The lowest BCUT2D eigenvalue weighted by molar-refractivity contribution is -0.135. The molecule has 1 heterocycles. The van der Waals surface area contributed by atoms with Crippen molar-refractivity contribution in [2.45, 2.75) is 62.9 Å². The molecule has 166 valence electrons. The van der Waals surface area contributed by atoms with E-state index < -0.39 is 11.6 Å². The van der Waals surface area contributed by atoms with E-state index in [1.807, 2.05) is 59.5 Å². The standard InChI is InChI=1S/C26H29N3O3/c30-23(29(20-12-3-1-4-13-20)21-14-5-2-6-15-21)18-28-24(31)26(27-25(28)32)17-9-11-19-10-7-8-16-22(19)26/h1,3-4,7-8,10,12-13,16,21H,2,5-6,9,11,14-15,17-18H2,(H,27,32)/t26-/m0/s1. The van der Waals surface area contributed by atoms with Gasteiger partial charge >= 0.3 is 6.03 Å². The average Bonchev–Trinajstić information content (AvgIpc) is 3.05. The first kappa shape index (κ1) is 20.7. The predicted molar refractivity (Wildman–Crippen MR) is 122 cm³/mol. The molecular weight excluding hydrogens is 402 g/mol. The predicted octanol–water partition coefficient (Wildman–Crippen LogP) is 4.14. The molecule has 4 amide bonds. The van der Waals surface area contributed by atoms with Gasteiger partial charge in [-0.15, -0.1) is 0 Å². The van der Waals surface area contributed by atoms with Crippen molar-refractivity contribution in [2.75, 3.05) is 11.4 Å². The maximum absolute atomic E-state index is 13.6. The van der Waals surface area contributed by atoms with E-state index in [0.717, 1.165) is 60.2 Å². The number of aryl methyl sites for hydroxylation is 1. The Balaban J connectivity index is 1.42. The van der Waals surface area contributed by atoms with E-state index in [2.05, 4.69) is 5.32 Å². The number of carbonyl (C=O) groups is 3. The summed E-state index contributed by atoms with van der Waals surface area (Å²) in [6.07, 6.45) is 7.52. The van der Waals surface area contributed by atoms with Gasteiger partial charge in [0.2, 0.25) is 5.91 Å². The number of hydrogen-bond donors (Lipinski definition) is 1. The molecule has 0 aromatic heterocycles. The van der Waals surface area contributed by atoms with E-state index in [9.17, 15) is 14.4 Å². The van der Waals surface area contributed by atoms with E-state index >= 15 is 0 Å². The van der Waals surface area contributed by atoms with Gasteiger partial charge in [0, 0.05) is 11.7 Å². The summed E-state index contributed by atoms with van der Waals surface area (Å²) in [6, 6.07) is 17.0. The van der Waals surface area contributed by atoms with E-state index in [0.29, 0.717) is 6.42 Å². The van der Waals surface area contributed by atoms with Gasteiger partial charge in [-0.05, 0) is 55.4 Å². The molecule has 1 aliphatic heterocycles. The Morgan fingerprint density at radius 2 is 1.69 bits per heavy atom. The van der Waals surface area contributed by atoms with Gasteiger partial charge in [0.25, 0.3) is 5.91 Å². The van der Waals surface area contributed by atoms with Crippen molar-refractivity contribution in [1.82, 2.24) is 10.2 Å². The summed E-state index contributed by atoms with van der Waals surface area (Å²) < 4.78 is 0. The highest BCUT2D eigenvalue weighted by Gasteiger charge is 2.54. The van der Waals surface area contributed by atoms with Crippen LogP contribution in [0.25, 0.3) is 0 Å². The number of carbonyl (C=O) groups excluding carboxylic acids is 3. The zero-order chi connectivity index (χ0) is 22.1. The fourth-order valence-corrected chi connectivity index (χ4v) is 5.65. The van der Waals surface area contributed by atoms with Crippen molar-refractivity contribution >= 4 is 23.5 Å². The highest BCUT2D eigenvalue weighted by Crippen LogP contribution is 2.40. The molecule has 0 unspecified atom stereocenters. The Hall–Kier alpha value is -3.15. The average molecular weight is 432 g/mol. The van der Waals surface area contributed by atoms with Crippen LogP contribution in [0.5, 0.6) is 0 Å². The molecule has 2 fully saturated rings. The summed E-state index contributed by atoms with van der Waals surface area (Å²) in [5, 5.41) is 2.96. The Morgan fingerprint density at radius 1 is 0.969 bits per heavy atom. The number of benzene rings is 2. The first-order chi connectivity index (χ1) is 15.6. The van der Waals surface area contributed by atoms with Gasteiger partial charge in [0.1, 0.15) is 12.1 Å². The summed E-state index contributed by atoms with van der Waals surface area (Å²) in [6.45, 7) is -0.236. The third kappa shape index (κ3) is 3.48. The van der Waals surface area contributed by atoms with Crippen LogP contribution in [0.2, 0.25) is 0 Å². The van der Waals surface area contributed by atoms with E-state index in [4.69, 9.17) is 0 Å². The van der Waals surface area contributed by atoms with Crippen molar-refractivity contribution in [1.29, 1.82) is 0 Å². The molecule has 2 aromatic rings. The summed E-state index contributed by atoms with van der Waals surface area (Å²) in [7, 11) is 0. The van der Waals surface area contributed by atoms with Gasteiger partial charge < -0.3 is 10.2 Å². The van der Waals surface area contributed by atoms with Gasteiger partial charge in [-0.25, -0.2) is 4.79 Å². The summed E-state index contributed by atoms with van der Waals surface area (Å²) in [5.41, 5.74) is 1.74. The summed E-state index contributed by atoms with van der Waals surface area (Å²) in [5.74, 6) is -0.507. The molecular formula is C26H29N3O3. The molecule has 6 heteroatoms. The molecule has 2 aliphatic carbocycles. The zero-order valence-electron chi connectivity index (χ0n) is 18.3. The normalized spacial score (nSPS) is 23.2. The molecule has 1 spiro atoms. The minimum atomic E-state index is -1.05. The highest BCUT2D eigenvalue weighted by atomic mass is 16.2. The van der Waals surface area contributed by atoms with Gasteiger partial charge in [-0.2, -0.15) is 0 Å². The third-order valence-electron chi connectivity index (χ3n) is 7.19. The van der Waals surface area contributed by atoms with Gasteiger partial charge in [0.15, 0.2) is 0 Å². The third-order valence-corrected chi connectivity index (χ3v) is 7.19. The zero-order valence-corrected chi connectivity index (χ0v) is 18.3. The maximum Gasteiger partial charge on any atom is 0.325 e. The summed E-state index contributed by atoms with van der Waals surface area (Å²) in [4.78, 5) is 43.1. The van der Waals surface area contributed by atoms with Gasteiger partial charge in [-0.3, -0.25) is 14.5 Å². The van der Waals surface area contributed by atoms with Crippen LogP contribution >= 0.6 is 0 Å². The second-order valence-corrected chi connectivity index (χ2v) is 9.13. The van der Waals surface area contributed by atoms with Crippen LogP contribution in [0.15, 0.2) is 54.6 Å². The smallest absolute Gasteiger partial charge is 0.319 e. The lowest BCUT2D eigenvalue weighted by atomic mass is 9.76. The number of para-hydroxylation sites is 1. The van der Waals surface area contributed by atoms with Gasteiger partial charge in [-0.1, -0.05) is 61.7 Å². The Kier molecular flexibility index (Phi) is 5.45. The Morgan fingerprint density at radius 3 is 2.47 bits per heavy atom. The minimum Gasteiger partial charge on any atom is -0.319 e. The number of imide groups is 1. The number of hydrogen-bond acceptors (Lipinski definition) is 3. The second kappa shape index (κ2) is 8.41. The number of rotatable bonds is 4. The van der Waals surface area contributed by atoms with Gasteiger partial charge in [0.05, 0.1) is 0 Å². The number of nitrogens with one attached hydrogen (secondary N) is 1. The quantitative estimate of drug-likeness (QED) is 0.740. The summed E-state index contributed by atoms with van der Waals surface area (Å²) >= 11 is 0. The molecule has 3 aliphatic rings. The molecule has 2 aromatic carbocycles. The van der Waals surface area contributed by atoms with Crippen molar-refractivity contribution in [3.05, 3.63) is 65.7 Å². The van der Waals surface area contributed by atoms with E-state index in [-0.39, 0.29) is 24.4 Å². The van der Waals surface area contributed by atoms with Crippen molar-refractivity contribution in [3.63, 3.8) is 0 Å². The fraction of sp³-hybridized carbons (Fsp3) is 0.423. The topological polar surface area (TPSA) is 69.7 Å². The van der Waals surface area contributed by atoms with Crippen LogP contribution in [0.1, 0.15) is 56.1 Å². The first-order valence-electron chi connectivity index (χ1n) is 11.7. The van der Waals surface area contributed by atoms with Crippen molar-refractivity contribution in [2.24, 2.45) is 0 Å². The molecule has 1 atom stereocenters. The van der Waals surface area contributed by atoms with Crippen LogP contribution in [0.4, 0.5) is 10.5 Å². The SMILES string of the molecule is O=C1N[C@]2(CCCc3ccccc32)C(=O)N1CC(=O)N(c1ccccc1)C1CCCCC1. The number of fused-ring (bicyclic) bond motifs is 2. The van der Waals surface area contributed by atoms with Crippen molar-refractivity contribution < 1.29 is 14.4 Å². The number of urea groups is 1. The molecule has 32 heavy (non-hydrogen) atoms. The number of anilines is 1. The highest BCUT2D eigenvalue weighted by molar-refractivity contribution is 6.11. The molecule has 0 bridgehead atoms. The molecule has 1 saturated heterocycles. The minimum absolute atomic E-state index is 0.101. The molecule has 5 rings (SSSR count). The second-order valence-electron chi connectivity index (χ2n) is 9.13. The van der Waals surface area contributed by atoms with Crippen LogP contribution in [-0.4, -0.2) is 35.3 Å². The number of nitrogens with zero attached hydrogens (tertiary/aromatic N) is 2. The molecule has 0 radical (unpaired) electrons. The largest absolute Gasteiger partial charge is 0.325 e. The fourth-order valence-electron chi connectivity index (χ4n) is 5.65. The Labute approximate surface area is 188 Å². The lowest BCUT2D eigenvalue weighted by Crippen LogP contribution is -2.49. The lowest BCUT2D eigenvalue weighted by Gasteiger charge is -2.35. The monoisotopic (exact) mass is 431 g/mol. The van der Waals surface area contributed by atoms with E-state index in [1.165, 1.54) is 6.42 Å². The maximum atomic E-state index is 13.6. The molecule has 6 nitrogen and oxygen atoms in total. The van der Waals surface area contributed by atoms with Crippen LogP contribution in [0.3, 0.4) is 0 Å². The number of amides is 4.